The second-order valence-electron chi connectivity index (χ2n) is 5.30. The summed E-state index contributed by atoms with van der Waals surface area (Å²) in [5.74, 6) is -1.23. The monoisotopic (exact) mass is 554 g/mol. The van der Waals surface area contributed by atoms with E-state index in [0.717, 1.165) is 26.4 Å². The van der Waals surface area contributed by atoms with E-state index < -0.39 is 27.6 Å². The standard InChI is InChI=1S/C13H16Cl10O2/c1-3-4-5-6-7-9(14,15)11(18,19)13(22,23)12(20,21)10(16,17)8(24)25-2/h3-7H2,1-2H3. The number of esters is 1. The fourth-order valence-corrected chi connectivity index (χ4v) is 4.90. The summed E-state index contributed by atoms with van der Waals surface area (Å²) in [5, 5.41) is 0. The predicted molar refractivity (Wildman–Crippen MR) is 113 cm³/mol. The minimum absolute atomic E-state index is 0.115. The summed E-state index contributed by atoms with van der Waals surface area (Å²) in [4.78, 5) is 11.8. The highest BCUT2D eigenvalue weighted by Crippen LogP contribution is 2.66. The van der Waals surface area contributed by atoms with Gasteiger partial charge in [0.05, 0.1) is 7.11 Å². The Kier molecular flexibility index (Phi) is 10.9. The van der Waals surface area contributed by atoms with Gasteiger partial charge in [-0.1, -0.05) is 149 Å². The molecule has 0 bridgehead atoms. The lowest BCUT2D eigenvalue weighted by Crippen LogP contribution is -2.64. The molecule has 0 saturated carbocycles. The van der Waals surface area contributed by atoms with Crippen LogP contribution in [0.25, 0.3) is 0 Å². The summed E-state index contributed by atoms with van der Waals surface area (Å²) in [6.07, 6.45) is 3.46. The van der Waals surface area contributed by atoms with Gasteiger partial charge in [0.25, 0.3) is 0 Å². The Labute approximate surface area is 197 Å². The van der Waals surface area contributed by atoms with Crippen LogP contribution in [0.2, 0.25) is 0 Å². The summed E-state index contributed by atoms with van der Waals surface area (Å²) in [7, 11) is 1.01. The molecule has 150 valence electrons. The van der Waals surface area contributed by atoms with E-state index in [4.69, 9.17) is 116 Å². The van der Waals surface area contributed by atoms with Crippen molar-refractivity contribution in [2.24, 2.45) is 0 Å². The fourth-order valence-electron chi connectivity index (χ4n) is 1.81. The van der Waals surface area contributed by atoms with E-state index in [9.17, 15) is 4.79 Å². The lowest BCUT2D eigenvalue weighted by molar-refractivity contribution is -0.141. The zero-order valence-corrected chi connectivity index (χ0v) is 20.7. The number of alkyl halides is 10. The molecule has 0 radical (unpaired) electrons. The smallest absolute Gasteiger partial charge is 0.345 e. The van der Waals surface area contributed by atoms with Gasteiger partial charge in [-0.25, -0.2) is 4.79 Å². The second kappa shape index (κ2) is 9.92. The Morgan fingerprint density at radius 1 is 0.760 bits per heavy atom. The summed E-state index contributed by atoms with van der Waals surface area (Å²) in [5.41, 5.74) is 0. The first-order valence-corrected chi connectivity index (χ1v) is 10.8. The van der Waals surface area contributed by atoms with Crippen molar-refractivity contribution in [2.75, 3.05) is 7.11 Å². The van der Waals surface area contributed by atoms with Crippen LogP contribution >= 0.6 is 116 Å². The maximum Gasteiger partial charge on any atom is 0.345 e. The number of rotatable bonds is 10. The van der Waals surface area contributed by atoms with Crippen LogP contribution in [-0.2, 0) is 9.53 Å². The SMILES string of the molecule is CCCCCCC(Cl)(Cl)C(Cl)(Cl)C(Cl)(Cl)C(Cl)(Cl)C(Cl)(Cl)C(=O)OC. The van der Waals surface area contributed by atoms with Crippen molar-refractivity contribution in [3.8, 4) is 0 Å². The van der Waals surface area contributed by atoms with Crippen LogP contribution in [0, 0.1) is 0 Å². The topological polar surface area (TPSA) is 26.3 Å². The fraction of sp³-hybridized carbons (Fsp3) is 0.923. The highest BCUT2D eigenvalue weighted by Gasteiger charge is 2.75. The van der Waals surface area contributed by atoms with Gasteiger partial charge in [0.1, 0.15) is 0 Å². The zero-order chi connectivity index (χ0) is 20.3. The first-order valence-electron chi connectivity index (χ1n) is 7.02. The van der Waals surface area contributed by atoms with Crippen LogP contribution in [0.15, 0.2) is 0 Å². The van der Waals surface area contributed by atoms with Crippen molar-refractivity contribution >= 4 is 122 Å². The van der Waals surface area contributed by atoms with Gasteiger partial charge in [-0.05, 0) is 6.42 Å². The number of methoxy groups -OCH3 is 1. The first kappa shape index (κ1) is 27.4. The molecule has 0 unspecified atom stereocenters. The van der Waals surface area contributed by atoms with Crippen LogP contribution in [0.4, 0.5) is 0 Å². The van der Waals surface area contributed by atoms with Crippen LogP contribution in [0.5, 0.6) is 0 Å². The molecule has 0 aliphatic carbocycles. The first-order chi connectivity index (χ1) is 11.0. The highest BCUT2D eigenvalue weighted by atomic mass is 35.6. The van der Waals surface area contributed by atoms with Crippen molar-refractivity contribution in [1.29, 1.82) is 0 Å². The quantitative estimate of drug-likeness (QED) is 0.154. The summed E-state index contributed by atoms with van der Waals surface area (Å²) >= 11 is 61.6. The van der Waals surface area contributed by atoms with Gasteiger partial charge in [-0.2, -0.15) is 0 Å². The van der Waals surface area contributed by atoms with Crippen molar-refractivity contribution in [1.82, 2.24) is 0 Å². The largest absolute Gasteiger partial charge is 0.467 e. The van der Waals surface area contributed by atoms with Crippen LogP contribution < -0.4 is 0 Å². The molecule has 2 nitrogen and oxygen atoms in total. The van der Waals surface area contributed by atoms with Crippen molar-refractivity contribution < 1.29 is 9.53 Å². The van der Waals surface area contributed by atoms with Gasteiger partial charge in [0, 0.05) is 0 Å². The molecule has 0 amide bonds. The molecular formula is C13H16Cl10O2. The lowest BCUT2D eigenvalue weighted by Gasteiger charge is -2.48. The molecule has 0 N–H and O–H groups in total. The van der Waals surface area contributed by atoms with Gasteiger partial charge in [0.2, 0.25) is 4.33 Å². The molecule has 0 aliphatic heterocycles. The maximum atomic E-state index is 11.8. The third-order valence-corrected chi connectivity index (χ3v) is 10.3. The van der Waals surface area contributed by atoms with Crippen LogP contribution in [0.3, 0.4) is 0 Å². The second-order valence-corrected chi connectivity index (χ2v) is 12.1. The maximum absolute atomic E-state index is 11.8. The van der Waals surface area contributed by atoms with Gasteiger partial charge < -0.3 is 4.74 Å². The van der Waals surface area contributed by atoms with E-state index in [1.807, 2.05) is 6.92 Å². The average Bonchev–Trinajstić information content (AvgIpc) is 2.49. The minimum Gasteiger partial charge on any atom is -0.467 e. The normalized spacial score (nSPS) is 14.6. The summed E-state index contributed by atoms with van der Waals surface area (Å²) in [6, 6.07) is 0. The summed E-state index contributed by atoms with van der Waals surface area (Å²) in [6.45, 7) is 2.03. The number of ether oxygens (including phenoxy) is 1. The molecule has 0 spiro atoms. The van der Waals surface area contributed by atoms with Crippen LogP contribution in [-0.4, -0.2) is 34.7 Å². The molecular weight excluding hydrogens is 543 g/mol. The molecule has 0 aliphatic rings. The molecule has 0 heterocycles. The van der Waals surface area contributed by atoms with E-state index in [1.54, 1.807) is 0 Å². The highest BCUT2D eigenvalue weighted by molar-refractivity contribution is 6.78. The van der Waals surface area contributed by atoms with E-state index in [0.29, 0.717) is 6.42 Å². The molecule has 0 fully saturated rings. The zero-order valence-electron chi connectivity index (χ0n) is 13.1. The summed E-state index contributed by atoms with van der Waals surface area (Å²) < 4.78 is -7.68. The molecule has 25 heavy (non-hydrogen) atoms. The minimum atomic E-state index is -2.65. The van der Waals surface area contributed by atoms with Gasteiger partial charge in [0.15, 0.2) is 17.3 Å². The van der Waals surface area contributed by atoms with E-state index >= 15 is 0 Å². The van der Waals surface area contributed by atoms with E-state index in [2.05, 4.69) is 4.74 Å². The Balaban J connectivity index is 5.74. The Hall–Kier alpha value is 2.37. The molecule has 0 saturated heterocycles. The molecule has 0 aromatic carbocycles. The molecule has 0 aromatic heterocycles. The van der Waals surface area contributed by atoms with Crippen LogP contribution in [0.1, 0.15) is 39.0 Å². The number of carbonyl (C=O) groups is 1. The predicted octanol–water partition coefficient (Wildman–Crippen LogP) is 8.00. The van der Waals surface area contributed by atoms with Crippen molar-refractivity contribution in [3.63, 3.8) is 0 Å². The Morgan fingerprint density at radius 2 is 1.24 bits per heavy atom. The molecule has 0 atom stereocenters. The van der Waals surface area contributed by atoms with Gasteiger partial charge in [-0.3, -0.25) is 0 Å². The van der Waals surface area contributed by atoms with Gasteiger partial charge >= 0.3 is 5.97 Å². The Bertz CT molecular complexity index is 462. The molecule has 12 heteroatoms. The van der Waals surface area contributed by atoms with E-state index in [-0.39, 0.29) is 6.42 Å². The molecule has 0 aromatic rings. The van der Waals surface area contributed by atoms with E-state index in [1.165, 1.54) is 0 Å². The lowest BCUT2D eigenvalue weighted by atomic mass is 10.0. The third kappa shape index (κ3) is 5.50. The number of unbranched alkanes of at least 4 members (excludes halogenated alkanes) is 3. The number of hydrogen-bond acceptors (Lipinski definition) is 2. The van der Waals surface area contributed by atoms with Gasteiger partial charge in [-0.15, -0.1) is 0 Å². The average molecular weight is 559 g/mol. The Morgan fingerprint density at radius 3 is 1.64 bits per heavy atom. The third-order valence-electron chi connectivity index (χ3n) is 3.43. The van der Waals surface area contributed by atoms with Crippen molar-refractivity contribution in [2.45, 2.75) is 60.7 Å². The van der Waals surface area contributed by atoms with Crippen molar-refractivity contribution in [3.05, 3.63) is 0 Å². The number of hydrogen-bond donors (Lipinski definition) is 0. The number of halogens is 10. The number of carbonyl (C=O) groups excluding carboxylic acids is 1. The molecule has 0 rings (SSSR count).